The van der Waals surface area contributed by atoms with Crippen molar-refractivity contribution in [3.05, 3.63) is 0 Å². The molecule has 0 bridgehead atoms. The predicted octanol–water partition coefficient (Wildman–Crippen LogP) is -4.80. The summed E-state index contributed by atoms with van der Waals surface area (Å²) in [6.07, 6.45) is 0. The Morgan fingerprint density at radius 3 is 0.417 bits per heavy atom. The summed E-state index contributed by atoms with van der Waals surface area (Å²) in [6, 6.07) is 0. The third-order valence-electron chi connectivity index (χ3n) is 0. The fraction of sp³-hybridized carbons (Fsp3) is 0. The van der Waals surface area contributed by atoms with Crippen molar-refractivity contribution >= 4 is 17.4 Å². The molecular weight excluding hydrogens is 280 g/mol. The Kier molecular flexibility index (Phi) is 31400. The normalized spacial score (nSPS) is 0. The van der Waals surface area contributed by atoms with Crippen LogP contribution in [0.1, 0.15) is 0 Å². The van der Waals surface area contributed by atoms with Crippen LogP contribution in [0.25, 0.3) is 0 Å². The van der Waals surface area contributed by atoms with Crippen LogP contribution in [0.4, 0.5) is 0 Å². The fourth-order valence-corrected chi connectivity index (χ4v) is 0. The molecule has 0 aromatic rings. The van der Waals surface area contributed by atoms with Crippen molar-refractivity contribution in [3.8, 4) is 0 Å². The second kappa shape index (κ2) is 545. The first-order chi connectivity index (χ1) is 0. The molecule has 0 aliphatic rings. The van der Waals surface area contributed by atoms with Gasteiger partial charge in [-0.3, -0.25) is 0 Å². The zero-order chi connectivity index (χ0) is 0. The molecule has 0 amide bonds. The maximum atomic E-state index is 0. The van der Waals surface area contributed by atoms with Gasteiger partial charge in [-0.05, 0) is 0 Å². The Morgan fingerprint density at radius 1 is 0.417 bits per heavy atom. The van der Waals surface area contributed by atoms with Gasteiger partial charge in [0.2, 0.25) is 0 Å². The van der Waals surface area contributed by atoms with Crippen molar-refractivity contribution in [2.75, 3.05) is 0 Å². The third-order valence-corrected chi connectivity index (χ3v) is 0. The van der Waals surface area contributed by atoms with Crippen molar-refractivity contribution in [2.24, 2.45) is 0 Å². The summed E-state index contributed by atoms with van der Waals surface area (Å²) in [5.41, 5.74) is 0. The summed E-state index contributed by atoms with van der Waals surface area (Å²) in [6.45, 7) is 0. The van der Waals surface area contributed by atoms with Crippen LogP contribution in [0.3, 0.4) is 0 Å². The molecule has 0 spiro atoms. The van der Waals surface area contributed by atoms with Gasteiger partial charge in [-0.25, -0.2) is 0 Å². The van der Waals surface area contributed by atoms with E-state index in [1.54, 1.807) is 0 Å². The molecule has 12 heteroatoms. The van der Waals surface area contributed by atoms with E-state index in [1.807, 2.05) is 0 Å². The van der Waals surface area contributed by atoms with Crippen LogP contribution in [0.15, 0.2) is 0 Å². The van der Waals surface area contributed by atoms with Crippen LogP contribution < -0.4 is 18.9 Å². The molecule has 0 aliphatic carbocycles. The minimum atomic E-state index is 0. The van der Waals surface area contributed by atoms with Crippen LogP contribution >= 0.6 is 0 Å². The molecule has 1 radical (unpaired) electrons. The van der Waals surface area contributed by atoms with E-state index >= 15 is 0 Å². The minimum absolute atomic E-state index is 0. The smallest absolute Gasteiger partial charge is 0.870 e. The van der Waals surface area contributed by atoms with E-state index in [1.165, 1.54) is 0 Å². The van der Waals surface area contributed by atoms with Crippen LogP contribution in [-0.4, -0.2) is 61.2 Å². The molecule has 0 atom stereocenters. The van der Waals surface area contributed by atoms with Gasteiger partial charge in [-0.1, -0.05) is 0 Å². The number of hydrogen-bond donors (Lipinski definition) is 0. The van der Waals surface area contributed by atoms with Crippen molar-refractivity contribution in [2.45, 2.75) is 0 Å². The standard InChI is InChI=1S/Al.Co.Li.Ni.8H2O/h;;;;8*1H2/q+3;+2;+1;+2;;;;;;;;/p-8. The molecule has 12 heavy (non-hydrogen) atoms. The molecule has 79 valence electrons. The van der Waals surface area contributed by atoms with Gasteiger partial charge in [0, 0.05) is 0 Å². The van der Waals surface area contributed by atoms with E-state index in [4.69, 9.17) is 0 Å². The summed E-state index contributed by atoms with van der Waals surface area (Å²) in [5, 5.41) is 0. The molecule has 0 aromatic heterocycles. The van der Waals surface area contributed by atoms with Gasteiger partial charge in [0.05, 0.1) is 0 Å². The Hall–Kier alpha value is 1.81. The molecule has 0 aliphatic heterocycles. The average molecular weight is 288 g/mol. The Bertz CT molecular complexity index is 19.0. The third kappa shape index (κ3) is 421. The quantitative estimate of drug-likeness (QED) is 0.390. The van der Waals surface area contributed by atoms with E-state index in [-0.39, 0.29) is 113 Å². The molecule has 0 rings (SSSR count). The zero-order valence-corrected chi connectivity index (χ0v) is 8.99. The predicted molar refractivity (Wildman–Crippen MR) is 21.2 cm³/mol. The monoisotopic (exact) mass is 287 g/mol. The molecule has 0 fully saturated rings. The van der Waals surface area contributed by atoms with Crippen molar-refractivity contribution in [1.82, 2.24) is 0 Å². The van der Waals surface area contributed by atoms with Gasteiger partial charge in [-0.2, -0.15) is 0 Å². The maximum absolute atomic E-state index is 0. The van der Waals surface area contributed by atoms with Gasteiger partial charge >= 0.3 is 69.5 Å². The van der Waals surface area contributed by atoms with Gasteiger partial charge in [0.1, 0.15) is 0 Å². The maximum Gasteiger partial charge on any atom is 3.00 e. The summed E-state index contributed by atoms with van der Waals surface area (Å²) in [5.74, 6) is 0. The van der Waals surface area contributed by atoms with E-state index in [0.717, 1.165) is 0 Å². The topological polar surface area (TPSA) is 240 Å². The van der Waals surface area contributed by atoms with E-state index in [2.05, 4.69) is 0 Å². The molecule has 0 heterocycles. The first kappa shape index (κ1) is 692. The molecule has 8 N–H and O–H groups in total. The van der Waals surface area contributed by atoms with Gasteiger partial charge in [0.15, 0.2) is 0 Å². The van der Waals surface area contributed by atoms with Crippen LogP contribution in [0, 0.1) is 0 Å². The van der Waals surface area contributed by atoms with Crippen molar-refractivity contribution < 1.29 is 95.9 Å². The number of rotatable bonds is 0. The average Bonchev–Trinajstić information content (AvgIpc) is 0. The Balaban J connectivity index is 0. The van der Waals surface area contributed by atoms with Crippen LogP contribution in [0.5, 0.6) is 0 Å². The zero-order valence-electron chi connectivity index (χ0n) is 5.80. The molecular formula is H8AlCoLiNiO8. The second-order valence-electron chi connectivity index (χ2n) is 0. The summed E-state index contributed by atoms with van der Waals surface area (Å²) in [7, 11) is 0. The van der Waals surface area contributed by atoms with E-state index in [0.29, 0.717) is 0 Å². The molecule has 0 saturated carbocycles. The van der Waals surface area contributed by atoms with Gasteiger partial charge < -0.3 is 43.8 Å². The van der Waals surface area contributed by atoms with E-state index in [9.17, 15) is 0 Å². The Morgan fingerprint density at radius 2 is 0.417 bits per heavy atom. The molecule has 8 nitrogen and oxygen atoms in total. The summed E-state index contributed by atoms with van der Waals surface area (Å²) < 4.78 is 0. The fourth-order valence-electron chi connectivity index (χ4n) is 0. The van der Waals surface area contributed by atoms with E-state index < -0.39 is 0 Å². The van der Waals surface area contributed by atoms with Crippen LogP contribution in [0.2, 0.25) is 0 Å². The first-order valence-corrected chi connectivity index (χ1v) is 0. The van der Waals surface area contributed by atoms with Crippen LogP contribution in [-0.2, 0) is 33.3 Å². The number of hydrogen-bond acceptors (Lipinski definition) is 8. The second-order valence-corrected chi connectivity index (χ2v) is 0. The molecule has 0 aromatic carbocycles. The minimum Gasteiger partial charge on any atom is -0.870 e. The van der Waals surface area contributed by atoms with Crippen molar-refractivity contribution in [1.29, 1.82) is 0 Å². The summed E-state index contributed by atoms with van der Waals surface area (Å²) >= 11 is 0. The SMILES string of the molecule is [Al+3].[Co+2].[Li+].[Ni+2].[OH-].[OH-].[OH-].[OH-].[OH-].[OH-].[OH-].[OH-]. The summed E-state index contributed by atoms with van der Waals surface area (Å²) in [4.78, 5) is 0. The molecule has 0 unspecified atom stereocenters. The van der Waals surface area contributed by atoms with Gasteiger partial charge in [0.25, 0.3) is 0 Å². The Labute approximate surface area is 113 Å². The van der Waals surface area contributed by atoms with Gasteiger partial charge in [-0.15, -0.1) is 0 Å². The first-order valence-electron chi connectivity index (χ1n) is 0. The molecule has 0 saturated heterocycles. The van der Waals surface area contributed by atoms with Crippen molar-refractivity contribution in [3.63, 3.8) is 0 Å². The largest absolute Gasteiger partial charge is 3.00 e.